The standard InChI is InChI=1S/C36H55N5O8/c1-34(2,3)47-29(42)16-15-28(32(45)49-36(7,8)9)41-33(46)40-27(31(44)48-35(4,5)6)12-10-11-18-39-30(43)26(37)21-23-13-14-25-22-38-19-17-24(25)20-23/h13-14,17,19-20,22,26-28H,10-12,15-16,18,21,37H2,1-9H3,(H,39,43)(H2,40,41,46)/t26-,27+,28+/m1/s1. The van der Waals surface area contributed by atoms with Gasteiger partial charge in [-0.2, -0.15) is 0 Å². The number of nitrogens with one attached hydrogen (secondary N) is 3. The molecule has 13 heteroatoms. The van der Waals surface area contributed by atoms with Crippen molar-refractivity contribution in [2.75, 3.05) is 6.54 Å². The topological polar surface area (TPSA) is 188 Å². The minimum Gasteiger partial charge on any atom is -0.460 e. The van der Waals surface area contributed by atoms with Gasteiger partial charge in [0.25, 0.3) is 0 Å². The molecule has 0 spiro atoms. The summed E-state index contributed by atoms with van der Waals surface area (Å²) in [5.41, 5.74) is 4.74. The van der Waals surface area contributed by atoms with E-state index in [0.29, 0.717) is 25.8 Å². The highest BCUT2D eigenvalue weighted by molar-refractivity contribution is 5.88. The molecule has 3 amide bonds. The average Bonchev–Trinajstić information content (AvgIpc) is 2.95. The van der Waals surface area contributed by atoms with Crippen LogP contribution >= 0.6 is 0 Å². The highest BCUT2D eigenvalue weighted by Gasteiger charge is 2.31. The summed E-state index contributed by atoms with van der Waals surface area (Å²) in [5.74, 6) is -2.21. The number of hydrogen-bond acceptors (Lipinski definition) is 10. The van der Waals surface area contributed by atoms with Gasteiger partial charge in [0.1, 0.15) is 28.9 Å². The quantitative estimate of drug-likeness (QED) is 0.120. The Morgan fingerprint density at radius 3 is 1.90 bits per heavy atom. The van der Waals surface area contributed by atoms with Crippen molar-refractivity contribution in [1.82, 2.24) is 20.9 Å². The number of fused-ring (bicyclic) bond motifs is 1. The number of rotatable bonds is 15. The fourth-order valence-corrected chi connectivity index (χ4v) is 4.68. The molecule has 3 atom stereocenters. The van der Waals surface area contributed by atoms with E-state index in [4.69, 9.17) is 19.9 Å². The first-order chi connectivity index (χ1) is 22.6. The number of ether oxygens (including phenoxy) is 3. The Labute approximate surface area is 289 Å². The molecule has 1 aromatic carbocycles. The fraction of sp³-hybridized carbons (Fsp3) is 0.611. The molecular weight excluding hydrogens is 630 g/mol. The van der Waals surface area contributed by atoms with Crippen molar-refractivity contribution in [2.45, 2.75) is 136 Å². The zero-order valence-electron chi connectivity index (χ0n) is 30.4. The number of nitrogens with zero attached hydrogens (tertiary/aromatic N) is 1. The summed E-state index contributed by atoms with van der Waals surface area (Å²) in [6.45, 7) is 15.7. The molecule has 0 fully saturated rings. The van der Waals surface area contributed by atoms with E-state index in [1.165, 1.54) is 0 Å². The van der Waals surface area contributed by atoms with Crippen molar-refractivity contribution in [2.24, 2.45) is 5.73 Å². The predicted octanol–water partition coefficient (Wildman–Crippen LogP) is 4.23. The molecule has 13 nitrogen and oxygen atoms in total. The van der Waals surface area contributed by atoms with Gasteiger partial charge in [0.15, 0.2) is 0 Å². The van der Waals surface area contributed by atoms with Gasteiger partial charge in [-0.1, -0.05) is 18.2 Å². The number of carbonyl (C=O) groups is 5. The number of urea groups is 1. The molecule has 1 heterocycles. The van der Waals surface area contributed by atoms with Gasteiger partial charge >= 0.3 is 23.9 Å². The Kier molecular flexibility index (Phi) is 15.0. The summed E-state index contributed by atoms with van der Waals surface area (Å²) in [4.78, 5) is 68.2. The summed E-state index contributed by atoms with van der Waals surface area (Å²) in [6.07, 6.45) is 4.78. The number of esters is 3. The number of pyridine rings is 1. The van der Waals surface area contributed by atoms with E-state index in [0.717, 1.165) is 16.3 Å². The van der Waals surface area contributed by atoms with Gasteiger partial charge in [-0.25, -0.2) is 14.4 Å². The predicted molar refractivity (Wildman–Crippen MR) is 186 cm³/mol. The lowest BCUT2D eigenvalue weighted by atomic mass is 10.0. The molecule has 0 unspecified atom stereocenters. The van der Waals surface area contributed by atoms with Crippen molar-refractivity contribution in [3.05, 3.63) is 42.2 Å². The first kappa shape index (κ1) is 40.9. The van der Waals surface area contributed by atoms with Gasteiger partial charge in [-0.15, -0.1) is 0 Å². The van der Waals surface area contributed by atoms with Crippen LogP contribution < -0.4 is 21.7 Å². The molecule has 0 saturated heterocycles. The number of hydrogen-bond donors (Lipinski definition) is 4. The Morgan fingerprint density at radius 2 is 1.33 bits per heavy atom. The summed E-state index contributed by atoms with van der Waals surface area (Å²) in [7, 11) is 0. The van der Waals surface area contributed by atoms with Gasteiger partial charge in [-0.3, -0.25) is 14.6 Å². The van der Waals surface area contributed by atoms with Crippen molar-refractivity contribution < 1.29 is 38.2 Å². The van der Waals surface area contributed by atoms with Crippen LogP contribution in [0, 0.1) is 0 Å². The third-order valence-corrected chi connectivity index (χ3v) is 6.77. The molecule has 272 valence electrons. The van der Waals surface area contributed by atoms with E-state index >= 15 is 0 Å². The number of amides is 3. The van der Waals surface area contributed by atoms with Crippen molar-refractivity contribution in [3.63, 3.8) is 0 Å². The Hall–Kier alpha value is -4.26. The monoisotopic (exact) mass is 685 g/mol. The third kappa shape index (κ3) is 16.6. The maximum absolute atomic E-state index is 13.1. The lowest BCUT2D eigenvalue weighted by Crippen LogP contribution is -2.53. The van der Waals surface area contributed by atoms with Gasteiger partial charge in [0.05, 0.1) is 6.04 Å². The minimum atomic E-state index is -1.18. The normalized spacial score (nSPS) is 13.8. The Morgan fingerprint density at radius 1 is 0.755 bits per heavy atom. The SMILES string of the molecule is CC(C)(C)OC(=O)CC[C@H](NC(=O)N[C@@H](CCCCNC(=O)[C@H](N)Cc1ccc2cnccc2c1)C(=O)OC(C)(C)C)C(=O)OC(C)(C)C. The van der Waals surface area contributed by atoms with Crippen LogP contribution in [-0.2, 0) is 39.8 Å². The molecule has 2 aromatic rings. The van der Waals surface area contributed by atoms with Crippen LogP contribution in [0.5, 0.6) is 0 Å². The fourth-order valence-electron chi connectivity index (χ4n) is 4.68. The zero-order chi connectivity index (χ0) is 37.0. The van der Waals surface area contributed by atoms with Gasteiger partial charge in [0, 0.05) is 30.7 Å². The summed E-state index contributed by atoms with van der Waals surface area (Å²) in [6, 6.07) is 3.98. The molecule has 49 heavy (non-hydrogen) atoms. The van der Waals surface area contributed by atoms with Crippen molar-refractivity contribution >= 4 is 40.6 Å². The number of nitrogens with two attached hydrogens (primary N) is 1. The van der Waals surface area contributed by atoms with Gasteiger partial charge in [0.2, 0.25) is 5.91 Å². The van der Waals surface area contributed by atoms with Crippen LogP contribution in [0.15, 0.2) is 36.7 Å². The molecule has 2 rings (SSSR count). The lowest BCUT2D eigenvalue weighted by molar-refractivity contribution is -0.159. The number of benzene rings is 1. The number of aromatic nitrogens is 1. The maximum atomic E-state index is 13.1. The molecule has 0 aliphatic carbocycles. The molecule has 1 aromatic heterocycles. The summed E-state index contributed by atoms with van der Waals surface area (Å²) < 4.78 is 16.3. The number of carbonyl (C=O) groups excluding carboxylic acids is 5. The van der Waals surface area contributed by atoms with Crippen LogP contribution in [0.3, 0.4) is 0 Å². The highest BCUT2D eigenvalue weighted by Crippen LogP contribution is 2.17. The first-order valence-corrected chi connectivity index (χ1v) is 16.7. The smallest absolute Gasteiger partial charge is 0.329 e. The zero-order valence-corrected chi connectivity index (χ0v) is 30.4. The summed E-state index contributed by atoms with van der Waals surface area (Å²) >= 11 is 0. The Balaban J connectivity index is 1.97. The van der Waals surface area contributed by atoms with E-state index < -0.39 is 58.9 Å². The highest BCUT2D eigenvalue weighted by atomic mass is 16.6. The van der Waals surface area contributed by atoms with Crippen molar-refractivity contribution in [1.29, 1.82) is 0 Å². The molecule has 0 aliphatic heterocycles. The van der Waals surface area contributed by atoms with E-state index in [9.17, 15) is 24.0 Å². The molecule has 0 bridgehead atoms. The lowest BCUT2D eigenvalue weighted by Gasteiger charge is -2.27. The second-order valence-corrected chi connectivity index (χ2v) is 15.1. The first-order valence-electron chi connectivity index (χ1n) is 16.7. The second-order valence-electron chi connectivity index (χ2n) is 15.1. The van der Waals surface area contributed by atoms with Crippen LogP contribution in [0.1, 0.15) is 100.0 Å². The van der Waals surface area contributed by atoms with E-state index in [1.807, 2.05) is 24.3 Å². The summed E-state index contributed by atoms with van der Waals surface area (Å²) in [5, 5.41) is 10.0. The molecule has 0 aliphatic rings. The van der Waals surface area contributed by atoms with Crippen LogP contribution in [-0.4, -0.2) is 76.3 Å². The van der Waals surface area contributed by atoms with E-state index in [-0.39, 0.29) is 25.2 Å². The van der Waals surface area contributed by atoms with E-state index in [1.54, 1.807) is 74.7 Å². The molecule has 0 saturated carbocycles. The van der Waals surface area contributed by atoms with E-state index in [2.05, 4.69) is 20.9 Å². The van der Waals surface area contributed by atoms with Crippen LogP contribution in [0.4, 0.5) is 4.79 Å². The van der Waals surface area contributed by atoms with Crippen LogP contribution in [0.2, 0.25) is 0 Å². The largest absolute Gasteiger partial charge is 0.460 e. The maximum Gasteiger partial charge on any atom is 0.329 e. The van der Waals surface area contributed by atoms with Crippen LogP contribution in [0.25, 0.3) is 10.8 Å². The third-order valence-electron chi connectivity index (χ3n) is 6.77. The molecule has 0 radical (unpaired) electrons. The molecule has 5 N–H and O–H groups in total. The number of unbranched alkanes of at least 4 members (excludes halogenated alkanes) is 1. The Bertz CT molecular complexity index is 1440. The minimum absolute atomic E-state index is 0.0749. The van der Waals surface area contributed by atoms with Crippen molar-refractivity contribution in [3.8, 4) is 0 Å². The second kappa shape index (κ2) is 17.9. The average molecular weight is 686 g/mol. The molecular formula is C36H55N5O8. The van der Waals surface area contributed by atoms with Gasteiger partial charge < -0.3 is 35.9 Å². The van der Waals surface area contributed by atoms with Gasteiger partial charge in [-0.05, 0) is 111 Å².